The highest BCUT2D eigenvalue weighted by molar-refractivity contribution is 6.12. The minimum absolute atomic E-state index is 0.598. The summed E-state index contributed by atoms with van der Waals surface area (Å²) < 4.78 is 4.74. The summed E-state index contributed by atoms with van der Waals surface area (Å²) in [7, 11) is 0. The van der Waals surface area contributed by atoms with Crippen LogP contribution in [0.2, 0.25) is 0 Å². The van der Waals surface area contributed by atoms with Gasteiger partial charge in [0.25, 0.3) is 0 Å². The van der Waals surface area contributed by atoms with Crippen molar-refractivity contribution in [2.75, 3.05) is 0 Å². The second kappa shape index (κ2) is 12.0. The average molecular weight is 663 g/mol. The molecule has 0 aliphatic rings. The molecule has 0 fully saturated rings. The van der Waals surface area contributed by atoms with Crippen LogP contribution in [0.1, 0.15) is 5.56 Å². The van der Waals surface area contributed by atoms with Gasteiger partial charge in [0, 0.05) is 39.5 Å². The van der Waals surface area contributed by atoms with Crippen LogP contribution in [0.3, 0.4) is 0 Å². The highest BCUT2D eigenvalue weighted by Crippen LogP contribution is 2.42. The lowest BCUT2D eigenvalue weighted by molar-refractivity contribution is 1.09. The second-order valence-electron chi connectivity index (χ2n) is 13.1. The zero-order valence-corrected chi connectivity index (χ0v) is 28.1. The molecule has 10 rings (SSSR count). The smallest absolute Gasteiger partial charge is 0.0998 e. The lowest BCUT2D eigenvalue weighted by Gasteiger charge is -2.20. The fraction of sp³-hybridized carbons (Fsp3) is 0. The third kappa shape index (κ3) is 4.65. The highest BCUT2D eigenvalue weighted by atomic mass is 15.1. The maximum Gasteiger partial charge on any atom is 0.0998 e. The topological polar surface area (TPSA) is 46.5 Å². The number of hydrogen-bond acceptors (Lipinski definition) is 2. The van der Waals surface area contributed by atoms with E-state index in [1.54, 1.807) is 12.4 Å². The Labute approximate surface area is 300 Å². The van der Waals surface area contributed by atoms with E-state index >= 15 is 0 Å². The summed E-state index contributed by atoms with van der Waals surface area (Å²) >= 11 is 0. The summed E-state index contributed by atoms with van der Waals surface area (Å²) in [6.45, 7) is 0. The van der Waals surface area contributed by atoms with Crippen molar-refractivity contribution in [1.82, 2.24) is 14.1 Å². The van der Waals surface area contributed by atoms with Crippen LogP contribution >= 0.6 is 0 Å². The molecular weight excluding hydrogens is 633 g/mol. The van der Waals surface area contributed by atoms with Gasteiger partial charge in [-0.2, -0.15) is 5.26 Å². The van der Waals surface area contributed by atoms with Crippen LogP contribution in [0.5, 0.6) is 0 Å². The number of aromatic nitrogens is 3. The van der Waals surface area contributed by atoms with E-state index in [2.05, 4.69) is 172 Å². The molecule has 7 aromatic carbocycles. The molecule has 242 valence electrons. The zero-order valence-electron chi connectivity index (χ0n) is 28.1. The number of fused-ring (bicyclic) bond motifs is 6. The molecule has 3 aromatic heterocycles. The first-order valence-corrected chi connectivity index (χ1v) is 17.4. The third-order valence-corrected chi connectivity index (χ3v) is 10.3. The van der Waals surface area contributed by atoms with Crippen LogP contribution < -0.4 is 0 Å². The first-order chi connectivity index (χ1) is 25.8. The molecule has 4 nitrogen and oxygen atoms in total. The molecule has 0 radical (unpaired) electrons. The van der Waals surface area contributed by atoms with E-state index in [4.69, 9.17) is 0 Å². The molecule has 0 aliphatic carbocycles. The molecule has 10 aromatic rings. The van der Waals surface area contributed by atoms with Gasteiger partial charge in [0.15, 0.2) is 0 Å². The Balaban J connectivity index is 1.37. The van der Waals surface area contributed by atoms with Crippen molar-refractivity contribution in [3.63, 3.8) is 0 Å². The van der Waals surface area contributed by atoms with E-state index < -0.39 is 0 Å². The number of para-hydroxylation sites is 2. The lowest BCUT2D eigenvalue weighted by Crippen LogP contribution is -2.05. The standard InChI is InChI=1S/C48H30N4/c49-31-37-29-47(51-43-17-9-7-15-38(43)40-21-19-35(27-45(40)51)32-11-3-1-4-12-32)48(30-42(37)34-23-25-50-26-24-34)52-44-18-10-8-16-39(44)41-22-20-36(28-46(41)52)33-13-5-2-6-14-33/h1-30H. The minimum atomic E-state index is 0.598. The predicted octanol–water partition coefficient (Wildman–Crippen LogP) is 12.1. The molecule has 3 heterocycles. The normalized spacial score (nSPS) is 11.4. The van der Waals surface area contributed by atoms with Gasteiger partial charge in [0.2, 0.25) is 0 Å². The molecule has 52 heavy (non-hydrogen) atoms. The van der Waals surface area contributed by atoms with E-state index in [0.717, 1.165) is 77.6 Å². The average Bonchev–Trinajstić information content (AvgIpc) is 3.73. The fourth-order valence-corrected chi connectivity index (χ4v) is 7.88. The van der Waals surface area contributed by atoms with Gasteiger partial charge >= 0.3 is 0 Å². The SMILES string of the molecule is N#Cc1cc(-n2c3ccccc3c3ccc(-c4ccccc4)cc32)c(-n2c3ccccc3c3ccc(-c4ccccc4)cc32)cc1-c1ccncc1. The van der Waals surface area contributed by atoms with Crippen molar-refractivity contribution in [1.29, 1.82) is 5.26 Å². The van der Waals surface area contributed by atoms with Crippen molar-refractivity contribution < 1.29 is 0 Å². The molecule has 0 unspecified atom stereocenters. The molecule has 0 bridgehead atoms. The molecule has 0 aliphatic heterocycles. The van der Waals surface area contributed by atoms with Gasteiger partial charge in [0.05, 0.1) is 45.1 Å². The van der Waals surface area contributed by atoms with Gasteiger partial charge in [-0.25, -0.2) is 0 Å². The fourth-order valence-electron chi connectivity index (χ4n) is 7.88. The Kier molecular flexibility index (Phi) is 6.84. The number of benzene rings is 7. The monoisotopic (exact) mass is 662 g/mol. The molecule has 0 saturated heterocycles. The van der Waals surface area contributed by atoms with Gasteiger partial charge in [-0.3, -0.25) is 4.98 Å². The van der Waals surface area contributed by atoms with Crippen molar-refractivity contribution in [3.05, 3.63) is 188 Å². The second-order valence-corrected chi connectivity index (χ2v) is 13.1. The van der Waals surface area contributed by atoms with Crippen molar-refractivity contribution in [2.24, 2.45) is 0 Å². The molecule has 0 N–H and O–H groups in total. The number of nitrogens with zero attached hydrogens (tertiary/aromatic N) is 4. The Morgan fingerprint density at radius 3 is 1.37 bits per heavy atom. The number of nitriles is 1. The van der Waals surface area contributed by atoms with Gasteiger partial charge < -0.3 is 9.13 Å². The van der Waals surface area contributed by atoms with E-state index in [-0.39, 0.29) is 0 Å². The number of rotatable bonds is 5. The minimum Gasteiger partial charge on any atom is -0.307 e. The summed E-state index contributed by atoms with van der Waals surface area (Å²) in [6, 6.07) is 62.5. The van der Waals surface area contributed by atoms with Gasteiger partial charge in [0.1, 0.15) is 0 Å². The summed E-state index contributed by atoms with van der Waals surface area (Å²) in [5, 5.41) is 15.4. The van der Waals surface area contributed by atoms with Crippen molar-refractivity contribution in [3.8, 4) is 50.8 Å². The Bertz CT molecular complexity index is 3000. The van der Waals surface area contributed by atoms with E-state index in [0.29, 0.717) is 5.56 Å². The first kappa shape index (κ1) is 29.7. The summed E-state index contributed by atoms with van der Waals surface area (Å²) in [5.41, 5.74) is 13.3. The summed E-state index contributed by atoms with van der Waals surface area (Å²) in [4.78, 5) is 4.29. The number of pyridine rings is 1. The van der Waals surface area contributed by atoms with Crippen molar-refractivity contribution >= 4 is 43.6 Å². The Hall–Kier alpha value is -7.22. The van der Waals surface area contributed by atoms with Crippen LogP contribution in [-0.2, 0) is 0 Å². The lowest BCUT2D eigenvalue weighted by atomic mass is 9.98. The third-order valence-electron chi connectivity index (χ3n) is 10.3. The maximum absolute atomic E-state index is 10.8. The van der Waals surface area contributed by atoms with E-state index in [1.807, 2.05) is 18.2 Å². The summed E-state index contributed by atoms with van der Waals surface area (Å²) in [5.74, 6) is 0. The van der Waals surface area contributed by atoms with Crippen LogP contribution in [0.25, 0.3) is 88.4 Å². The predicted molar refractivity (Wildman–Crippen MR) is 214 cm³/mol. The molecule has 0 spiro atoms. The first-order valence-electron chi connectivity index (χ1n) is 17.4. The Morgan fingerprint density at radius 1 is 0.385 bits per heavy atom. The van der Waals surface area contributed by atoms with Gasteiger partial charge in [-0.15, -0.1) is 0 Å². The van der Waals surface area contributed by atoms with Crippen LogP contribution in [0.4, 0.5) is 0 Å². The number of hydrogen-bond donors (Lipinski definition) is 0. The van der Waals surface area contributed by atoms with E-state index in [9.17, 15) is 5.26 Å². The quantitative estimate of drug-likeness (QED) is 0.184. The summed E-state index contributed by atoms with van der Waals surface area (Å²) in [6.07, 6.45) is 3.57. The Morgan fingerprint density at radius 2 is 0.846 bits per heavy atom. The van der Waals surface area contributed by atoms with Crippen LogP contribution in [0, 0.1) is 11.3 Å². The largest absolute Gasteiger partial charge is 0.307 e. The molecule has 4 heteroatoms. The van der Waals surface area contributed by atoms with Gasteiger partial charge in [-0.05, 0) is 76.3 Å². The van der Waals surface area contributed by atoms with Gasteiger partial charge in [-0.1, -0.05) is 121 Å². The highest BCUT2D eigenvalue weighted by Gasteiger charge is 2.23. The molecular formula is C48H30N4. The van der Waals surface area contributed by atoms with E-state index in [1.165, 1.54) is 10.8 Å². The van der Waals surface area contributed by atoms with Crippen LogP contribution in [-0.4, -0.2) is 14.1 Å². The zero-order chi connectivity index (χ0) is 34.6. The van der Waals surface area contributed by atoms with Crippen molar-refractivity contribution in [2.45, 2.75) is 0 Å². The maximum atomic E-state index is 10.8. The molecule has 0 atom stereocenters. The molecule has 0 saturated carbocycles. The van der Waals surface area contributed by atoms with Crippen LogP contribution in [0.15, 0.2) is 182 Å². The molecule has 0 amide bonds.